The van der Waals surface area contributed by atoms with Gasteiger partial charge in [-0.3, -0.25) is 0 Å². The monoisotopic (exact) mass is 686 g/mol. The molecule has 1 heterocycles. The van der Waals surface area contributed by atoms with E-state index < -0.39 is 0 Å². The van der Waals surface area contributed by atoms with E-state index in [-0.39, 0.29) is 0 Å². The summed E-state index contributed by atoms with van der Waals surface area (Å²) >= 11 is 0. The summed E-state index contributed by atoms with van der Waals surface area (Å²) in [6.45, 7) is 0. The van der Waals surface area contributed by atoms with E-state index in [0.29, 0.717) is 0 Å². The number of anilines is 3. The van der Waals surface area contributed by atoms with Crippen LogP contribution >= 0.6 is 0 Å². The van der Waals surface area contributed by atoms with Crippen LogP contribution < -0.4 is 4.90 Å². The normalized spacial score (nSPS) is 11.7. The topological polar surface area (TPSA) is 8.17 Å². The molecule has 0 bridgehead atoms. The smallest absolute Gasteiger partial charge is 0.0541 e. The fourth-order valence-corrected chi connectivity index (χ4v) is 8.61. The second-order valence-electron chi connectivity index (χ2n) is 14.2. The number of rotatable bonds is 5. The predicted octanol–water partition coefficient (Wildman–Crippen LogP) is 14.5. The zero-order valence-corrected chi connectivity index (χ0v) is 29.5. The molecule has 2 nitrogen and oxygen atoms in total. The molecule has 0 aliphatic rings. The minimum absolute atomic E-state index is 1.12. The zero-order valence-electron chi connectivity index (χ0n) is 29.5. The second-order valence-corrected chi connectivity index (χ2v) is 14.2. The van der Waals surface area contributed by atoms with E-state index >= 15 is 0 Å². The molecule has 2 heteroatoms. The number of para-hydroxylation sites is 2. The van der Waals surface area contributed by atoms with Gasteiger partial charge in [-0.25, -0.2) is 0 Å². The van der Waals surface area contributed by atoms with Gasteiger partial charge in [-0.15, -0.1) is 0 Å². The molecule has 1 aromatic heterocycles. The molecular formula is C52H34N2. The lowest BCUT2D eigenvalue weighted by molar-refractivity contribution is 1.19. The van der Waals surface area contributed by atoms with Crippen molar-refractivity contribution in [1.82, 2.24) is 4.57 Å². The van der Waals surface area contributed by atoms with Crippen LogP contribution in [0.25, 0.3) is 81.7 Å². The van der Waals surface area contributed by atoms with E-state index in [4.69, 9.17) is 0 Å². The Morgan fingerprint density at radius 2 is 0.815 bits per heavy atom. The van der Waals surface area contributed by atoms with Crippen LogP contribution in [0.1, 0.15) is 0 Å². The van der Waals surface area contributed by atoms with Crippen LogP contribution in [0.2, 0.25) is 0 Å². The Bertz CT molecular complexity index is 3170. The Morgan fingerprint density at radius 3 is 1.56 bits per heavy atom. The van der Waals surface area contributed by atoms with Gasteiger partial charge in [0.2, 0.25) is 0 Å². The molecule has 0 amide bonds. The van der Waals surface area contributed by atoms with E-state index in [1.165, 1.54) is 81.7 Å². The van der Waals surface area contributed by atoms with Crippen LogP contribution in [0.4, 0.5) is 17.1 Å². The third kappa shape index (κ3) is 4.81. The predicted molar refractivity (Wildman–Crippen MR) is 231 cm³/mol. The molecule has 0 unspecified atom stereocenters. The fraction of sp³-hybridized carbons (Fsp3) is 0. The van der Waals surface area contributed by atoms with Gasteiger partial charge in [-0.2, -0.15) is 0 Å². The van der Waals surface area contributed by atoms with Crippen molar-refractivity contribution in [3.8, 4) is 16.8 Å². The Kier molecular flexibility index (Phi) is 6.90. The van der Waals surface area contributed by atoms with Crippen LogP contribution in [0, 0.1) is 0 Å². The quantitative estimate of drug-likeness (QED) is 0.164. The van der Waals surface area contributed by atoms with E-state index in [1.54, 1.807) is 0 Å². The molecule has 0 aliphatic carbocycles. The molecule has 252 valence electrons. The number of fused-ring (bicyclic) bond motifs is 10. The molecule has 11 rings (SSSR count). The first-order valence-electron chi connectivity index (χ1n) is 18.6. The van der Waals surface area contributed by atoms with Gasteiger partial charge in [0.1, 0.15) is 0 Å². The molecule has 0 spiro atoms. The van der Waals surface area contributed by atoms with Gasteiger partial charge in [0.05, 0.1) is 11.0 Å². The highest BCUT2D eigenvalue weighted by Crippen LogP contribution is 2.41. The third-order valence-electron chi connectivity index (χ3n) is 11.1. The maximum absolute atomic E-state index is 2.43. The van der Waals surface area contributed by atoms with Crippen LogP contribution in [0.3, 0.4) is 0 Å². The summed E-state index contributed by atoms with van der Waals surface area (Å²) in [6, 6.07) is 75.2. The lowest BCUT2D eigenvalue weighted by Crippen LogP contribution is -2.09. The summed E-state index contributed by atoms with van der Waals surface area (Å²) in [5, 5.41) is 12.7. The van der Waals surface area contributed by atoms with E-state index in [1.807, 2.05) is 0 Å². The summed E-state index contributed by atoms with van der Waals surface area (Å²) in [7, 11) is 0. The van der Waals surface area contributed by atoms with Crippen molar-refractivity contribution >= 4 is 82.0 Å². The van der Waals surface area contributed by atoms with Crippen molar-refractivity contribution < 1.29 is 0 Å². The maximum atomic E-state index is 2.43. The first-order valence-corrected chi connectivity index (χ1v) is 18.6. The highest BCUT2D eigenvalue weighted by Gasteiger charge is 2.17. The van der Waals surface area contributed by atoms with Gasteiger partial charge >= 0.3 is 0 Å². The molecular weight excluding hydrogens is 653 g/mol. The molecule has 0 fully saturated rings. The minimum Gasteiger partial charge on any atom is -0.310 e. The minimum atomic E-state index is 1.12. The van der Waals surface area contributed by atoms with Crippen LogP contribution in [-0.4, -0.2) is 4.57 Å². The molecule has 0 saturated heterocycles. The molecule has 0 atom stereocenters. The summed E-state index contributed by atoms with van der Waals surface area (Å²) in [4.78, 5) is 2.34. The Balaban J connectivity index is 1.03. The summed E-state index contributed by atoms with van der Waals surface area (Å²) in [5.41, 5.74) is 9.35. The van der Waals surface area contributed by atoms with Gasteiger partial charge < -0.3 is 9.47 Å². The van der Waals surface area contributed by atoms with Crippen LogP contribution in [-0.2, 0) is 0 Å². The van der Waals surface area contributed by atoms with E-state index in [9.17, 15) is 0 Å². The molecule has 10 aromatic carbocycles. The number of hydrogen-bond donors (Lipinski definition) is 0. The van der Waals surface area contributed by atoms with Crippen LogP contribution in [0.5, 0.6) is 0 Å². The molecule has 0 radical (unpaired) electrons. The second kappa shape index (κ2) is 12.2. The van der Waals surface area contributed by atoms with Crippen molar-refractivity contribution in [2.75, 3.05) is 4.90 Å². The zero-order chi connectivity index (χ0) is 35.6. The van der Waals surface area contributed by atoms with Gasteiger partial charge in [0, 0.05) is 33.5 Å². The fourth-order valence-electron chi connectivity index (χ4n) is 8.61. The van der Waals surface area contributed by atoms with Crippen molar-refractivity contribution in [2.24, 2.45) is 0 Å². The lowest BCUT2D eigenvalue weighted by atomic mass is 9.94. The van der Waals surface area contributed by atoms with Gasteiger partial charge in [0.15, 0.2) is 0 Å². The summed E-state index contributed by atoms with van der Waals surface area (Å²) < 4.78 is 2.43. The first kappa shape index (κ1) is 30.5. The molecule has 0 N–H and O–H groups in total. The molecule has 0 saturated carbocycles. The van der Waals surface area contributed by atoms with E-state index in [0.717, 1.165) is 17.1 Å². The molecule has 11 aromatic rings. The van der Waals surface area contributed by atoms with Crippen LogP contribution in [0.15, 0.2) is 206 Å². The Labute approximate surface area is 313 Å². The Hall–Kier alpha value is -7.16. The maximum Gasteiger partial charge on any atom is 0.0541 e. The van der Waals surface area contributed by atoms with Crippen molar-refractivity contribution in [2.45, 2.75) is 0 Å². The first-order chi connectivity index (χ1) is 26.8. The lowest BCUT2D eigenvalue weighted by Gasteiger charge is -2.26. The number of benzene rings is 10. The van der Waals surface area contributed by atoms with Crippen molar-refractivity contribution in [3.05, 3.63) is 206 Å². The van der Waals surface area contributed by atoms with E-state index in [2.05, 4.69) is 216 Å². The Morgan fingerprint density at radius 1 is 0.278 bits per heavy atom. The van der Waals surface area contributed by atoms with Gasteiger partial charge in [0.25, 0.3) is 0 Å². The third-order valence-corrected chi connectivity index (χ3v) is 11.1. The number of nitrogens with zero attached hydrogens (tertiary/aromatic N) is 2. The highest BCUT2D eigenvalue weighted by atomic mass is 15.1. The summed E-state index contributed by atoms with van der Waals surface area (Å²) in [5.74, 6) is 0. The largest absolute Gasteiger partial charge is 0.310 e. The van der Waals surface area contributed by atoms with Crippen molar-refractivity contribution in [1.29, 1.82) is 0 Å². The highest BCUT2D eigenvalue weighted by molar-refractivity contribution is 6.25. The van der Waals surface area contributed by atoms with Gasteiger partial charge in [-0.05, 0) is 121 Å². The molecule has 0 aliphatic heterocycles. The standard InChI is InChI=1S/C52H34N2/c1-2-14-39(15-3-1)53(41-28-24-35-12-4-5-13-37(35)32-41)40-26-22-36(23-27-40)38-25-31-52-50(33-38)48-20-10-11-21-51(48)54(52)42-29-30-47-45-18-7-6-16-43(45)44-17-8-9-19-46(44)49(47)34-42/h1-34H. The van der Waals surface area contributed by atoms with Crippen molar-refractivity contribution in [3.63, 3.8) is 0 Å². The summed E-state index contributed by atoms with van der Waals surface area (Å²) in [6.07, 6.45) is 0. The SMILES string of the molecule is c1ccc(N(c2ccc(-c3ccc4c(c3)c3ccccc3n4-c3ccc4c5ccccc5c5ccccc5c4c3)cc2)c2ccc3ccccc3c2)cc1. The average Bonchev–Trinajstić information content (AvgIpc) is 3.58. The van der Waals surface area contributed by atoms with Gasteiger partial charge in [-0.1, -0.05) is 140 Å². The number of hydrogen-bond acceptors (Lipinski definition) is 1. The number of aromatic nitrogens is 1. The molecule has 54 heavy (non-hydrogen) atoms. The average molecular weight is 687 g/mol.